The largest absolute Gasteiger partial charge is 0.494 e. The molecule has 0 spiro atoms. The highest BCUT2D eigenvalue weighted by atomic mass is 32.1. The van der Waals surface area contributed by atoms with E-state index in [1.165, 1.54) is 10.4 Å². The van der Waals surface area contributed by atoms with Crippen molar-refractivity contribution in [1.82, 2.24) is 0 Å². The molecule has 0 bridgehead atoms. The van der Waals surface area contributed by atoms with Gasteiger partial charge in [-0.15, -0.1) is 11.3 Å². The van der Waals surface area contributed by atoms with Crippen LogP contribution in [0.5, 0.6) is 5.75 Å². The normalized spacial score (nSPS) is 13.0. The first-order valence-electron chi connectivity index (χ1n) is 8.71. The van der Waals surface area contributed by atoms with Crippen LogP contribution in [0.4, 0.5) is 0 Å². The van der Waals surface area contributed by atoms with E-state index in [0.29, 0.717) is 6.61 Å². The molecule has 4 heteroatoms. The lowest BCUT2D eigenvalue weighted by molar-refractivity contribution is 0.201. The zero-order chi connectivity index (χ0) is 18.1. The maximum atomic E-state index is 9.21. The van der Waals surface area contributed by atoms with Crippen LogP contribution >= 0.6 is 11.3 Å². The molecule has 25 heavy (non-hydrogen) atoms. The number of thiophene rings is 1. The van der Waals surface area contributed by atoms with E-state index in [0.717, 1.165) is 36.3 Å². The van der Waals surface area contributed by atoms with Crippen molar-refractivity contribution in [3.8, 4) is 17.6 Å². The highest BCUT2D eigenvalue weighted by Crippen LogP contribution is 2.20. The highest BCUT2D eigenvalue weighted by molar-refractivity contribution is 7.12. The Labute approximate surface area is 154 Å². The number of aliphatic hydroxyl groups is 1. The molecule has 1 aromatic carbocycles. The first kappa shape index (κ1) is 19.5. The summed E-state index contributed by atoms with van der Waals surface area (Å²) in [6, 6.07) is 12.4. The molecule has 0 saturated carbocycles. The van der Waals surface area contributed by atoms with Crippen LogP contribution in [0.15, 0.2) is 36.4 Å². The third-order valence-electron chi connectivity index (χ3n) is 3.95. The van der Waals surface area contributed by atoms with Gasteiger partial charge in [-0.1, -0.05) is 24.0 Å². The molecule has 3 nitrogen and oxygen atoms in total. The second kappa shape index (κ2) is 9.62. The van der Waals surface area contributed by atoms with Crippen molar-refractivity contribution in [3.05, 3.63) is 51.7 Å². The predicted molar refractivity (Wildman–Crippen MR) is 105 cm³/mol. The molecule has 0 saturated heterocycles. The molecule has 0 aliphatic carbocycles. The Bertz CT molecular complexity index is 707. The Hall–Kier alpha value is -1.80. The predicted octanol–water partition coefficient (Wildman–Crippen LogP) is 3.77. The minimum Gasteiger partial charge on any atom is -0.494 e. The molecule has 1 unspecified atom stereocenters. The van der Waals surface area contributed by atoms with Gasteiger partial charge >= 0.3 is 0 Å². The number of benzene rings is 1. The third kappa shape index (κ3) is 6.91. The summed E-state index contributed by atoms with van der Waals surface area (Å²) in [5, 5.41) is 9.21. The molecule has 1 heterocycles. The van der Waals surface area contributed by atoms with Gasteiger partial charge < -0.3 is 15.6 Å². The first-order valence-corrected chi connectivity index (χ1v) is 9.53. The molecule has 0 fully saturated rings. The lowest BCUT2D eigenvalue weighted by atomic mass is 9.98. The van der Waals surface area contributed by atoms with E-state index in [2.05, 4.69) is 36.1 Å². The highest BCUT2D eigenvalue weighted by Gasteiger charge is 2.16. The molecule has 0 radical (unpaired) electrons. The van der Waals surface area contributed by atoms with Gasteiger partial charge in [0.15, 0.2) is 0 Å². The summed E-state index contributed by atoms with van der Waals surface area (Å²) in [6.07, 6.45) is 3.44. The second-order valence-corrected chi connectivity index (χ2v) is 7.63. The smallest absolute Gasteiger partial charge is 0.119 e. The molecule has 2 aromatic rings. The molecule has 0 aliphatic heterocycles. The zero-order valence-electron chi connectivity index (χ0n) is 15.0. The molecule has 1 atom stereocenters. The Morgan fingerprint density at radius 2 is 1.92 bits per heavy atom. The van der Waals surface area contributed by atoms with Crippen molar-refractivity contribution < 1.29 is 9.84 Å². The van der Waals surface area contributed by atoms with Gasteiger partial charge in [0.2, 0.25) is 0 Å². The van der Waals surface area contributed by atoms with E-state index in [-0.39, 0.29) is 6.61 Å². The van der Waals surface area contributed by atoms with Gasteiger partial charge in [-0.3, -0.25) is 0 Å². The zero-order valence-corrected chi connectivity index (χ0v) is 15.9. The van der Waals surface area contributed by atoms with Crippen LogP contribution in [0.25, 0.3) is 0 Å². The number of nitrogens with two attached hydrogens (primary N) is 1. The average Bonchev–Trinajstić information content (AvgIpc) is 3.07. The summed E-state index contributed by atoms with van der Waals surface area (Å²) in [6.45, 7) is 4.57. The van der Waals surface area contributed by atoms with E-state index in [1.807, 2.05) is 26.0 Å². The molecule has 134 valence electrons. The second-order valence-electron chi connectivity index (χ2n) is 6.46. The Morgan fingerprint density at radius 3 is 2.60 bits per heavy atom. The van der Waals surface area contributed by atoms with Crippen LogP contribution in [-0.4, -0.2) is 23.9 Å². The van der Waals surface area contributed by atoms with Crippen molar-refractivity contribution in [2.45, 2.75) is 45.1 Å². The number of hydrogen-bond donors (Lipinski definition) is 2. The molecule has 3 N–H and O–H groups in total. The fourth-order valence-electron chi connectivity index (χ4n) is 2.34. The molecular formula is C21H27NO2S. The van der Waals surface area contributed by atoms with Crippen LogP contribution in [0, 0.1) is 11.8 Å². The SMILES string of the molecule is CCOc1ccc(CCC#Cc2ccc(CCC(C)(N)CO)s2)cc1. The van der Waals surface area contributed by atoms with E-state index < -0.39 is 5.54 Å². The summed E-state index contributed by atoms with van der Waals surface area (Å²) < 4.78 is 5.45. The quantitative estimate of drug-likeness (QED) is 0.707. The van der Waals surface area contributed by atoms with Crippen LogP contribution in [0.2, 0.25) is 0 Å². The van der Waals surface area contributed by atoms with E-state index in [1.54, 1.807) is 11.3 Å². The van der Waals surface area contributed by atoms with Crippen LogP contribution in [0.3, 0.4) is 0 Å². The van der Waals surface area contributed by atoms with Crippen LogP contribution < -0.4 is 10.5 Å². The standard InChI is InChI=1S/C21H27NO2S/c1-3-24-18-10-8-17(9-11-18)6-4-5-7-19-12-13-20(25-19)14-15-21(2,22)16-23/h8-13,23H,3-4,6,14-16,22H2,1-2H3. The third-order valence-corrected chi connectivity index (χ3v) is 5.01. The average molecular weight is 358 g/mol. The Kier molecular flexibility index (Phi) is 7.52. The Morgan fingerprint density at radius 1 is 1.16 bits per heavy atom. The van der Waals surface area contributed by atoms with E-state index in [4.69, 9.17) is 10.5 Å². The first-order chi connectivity index (χ1) is 12.0. The van der Waals surface area contributed by atoms with Gasteiger partial charge in [-0.25, -0.2) is 0 Å². The van der Waals surface area contributed by atoms with Crippen molar-refractivity contribution in [1.29, 1.82) is 0 Å². The summed E-state index contributed by atoms with van der Waals surface area (Å²) >= 11 is 1.71. The lowest BCUT2D eigenvalue weighted by Gasteiger charge is -2.20. The summed E-state index contributed by atoms with van der Waals surface area (Å²) in [4.78, 5) is 2.35. The minimum atomic E-state index is -0.506. The topological polar surface area (TPSA) is 55.5 Å². The van der Waals surface area contributed by atoms with Crippen molar-refractivity contribution in [2.24, 2.45) is 5.73 Å². The molecule has 2 rings (SSSR count). The minimum absolute atomic E-state index is 0.0105. The van der Waals surface area contributed by atoms with Gasteiger partial charge in [0, 0.05) is 16.8 Å². The molecule has 0 aliphatic rings. The maximum absolute atomic E-state index is 9.21. The fraction of sp³-hybridized carbons (Fsp3) is 0.429. The van der Waals surface area contributed by atoms with Gasteiger partial charge in [-0.2, -0.15) is 0 Å². The maximum Gasteiger partial charge on any atom is 0.119 e. The number of ether oxygens (including phenoxy) is 1. The van der Waals surface area contributed by atoms with Gasteiger partial charge in [-0.05, 0) is 62.9 Å². The molecule has 0 amide bonds. The number of rotatable bonds is 8. The molecule has 1 aromatic heterocycles. The van der Waals surface area contributed by atoms with Gasteiger partial charge in [0.1, 0.15) is 5.75 Å². The summed E-state index contributed by atoms with van der Waals surface area (Å²) in [5.41, 5.74) is 6.74. The van der Waals surface area contributed by atoms with Gasteiger partial charge in [0.25, 0.3) is 0 Å². The van der Waals surface area contributed by atoms with Crippen LogP contribution in [-0.2, 0) is 12.8 Å². The van der Waals surface area contributed by atoms with E-state index >= 15 is 0 Å². The van der Waals surface area contributed by atoms with Crippen molar-refractivity contribution >= 4 is 11.3 Å². The Balaban J connectivity index is 1.79. The summed E-state index contributed by atoms with van der Waals surface area (Å²) in [7, 11) is 0. The van der Waals surface area contributed by atoms with Gasteiger partial charge in [0.05, 0.1) is 18.1 Å². The van der Waals surface area contributed by atoms with Crippen molar-refractivity contribution in [2.75, 3.05) is 13.2 Å². The summed E-state index contributed by atoms with van der Waals surface area (Å²) in [5.74, 6) is 7.41. The monoisotopic (exact) mass is 357 g/mol. The lowest BCUT2D eigenvalue weighted by Crippen LogP contribution is -2.40. The van der Waals surface area contributed by atoms with Crippen molar-refractivity contribution in [3.63, 3.8) is 0 Å². The number of hydrogen-bond acceptors (Lipinski definition) is 4. The fourth-order valence-corrected chi connectivity index (χ4v) is 3.22. The number of aliphatic hydroxyl groups excluding tert-OH is 1. The molecular weight excluding hydrogens is 330 g/mol. The van der Waals surface area contributed by atoms with Crippen LogP contribution in [0.1, 0.15) is 42.0 Å². The van der Waals surface area contributed by atoms with E-state index in [9.17, 15) is 5.11 Å². The number of aryl methyl sites for hydroxylation is 2.